The molecule has 4 aliphatic carbocycles. The van der Waals surface area contributed by atoms with Crippen molar-refractivity contribution in [3.05, 3.63) is 96.1 Å². The number of carbonyl (C=O) groups excluding carboxylic acids is 3. The van der Waals surface area contributed by atoms with E-state index in [0.29, 0.717) is 34.5 Å². The summed E-state index contributed by atoms with van der Waals surface area (Å²) in [6.07, 6.45) is 5.45. The minimum atomic E-state index is -0.312. The summed E-state index contributed by atoms with van der Waals surface area (Å²) in [5, 5.41) is 2.89. The van der Waals surface area contributed by atoms with Gasteiger partial charge >= 0.3 is 0 Å². The van der Waals surface area contributed by atoms with E-state index < -0.39 is 0 Å². The molecule has 2 bridgehead atoms. The molecular formula is C31H26N2O4. The van der Waals surface area contributed by atoms with Crippen molar-refractivity contribution in [2.75, 3.05) is 10.2 Å². The van der Waals surface area contributed by atoms with Crippen LogP contribution in [0.5, 0.6) is 11.5 Å². The molecule has 6 atom stereocenters. The molecule has 37 heavy (non-hydrogen) atoms. The van der Waals surface area contributed by atoms with Crippen LogP contribution in [0, 0.1) is 42.4 Å². The second-order valence-electron chi connectivity index (χ2n) is 10.6. The summed E-state index contributed by atoms with van der Waals surface area (Å²) in [6.45, 7) is 2.02. The molecular weight excluding hydrogens is 464 g/mol. The summed E-state index contributed by atoms with van der Waals surface area (Å²) in [6, 6.07) is 21.7. The first-order chi connectivity index (χ1) is 18.0. The number of ether oxygens (including phenoxy) is 1. The van der Waals surface area contributed by atoms with Crippen molar-refractivity contribution in [2.24, 2.45) is 35.5 Å². The summed E-state index contributed by atoms with van der Waals surface area (Å²) < 4.78 is 5.85. The number of rotatable bonds is 5. The second-order valence-corrected chi connectivity index (χ2v) is 10.6. The summed E-state index contributed by atoms with van der Waals surface area (Å²) in [7, 11) is 0. The maximum absolute atomic E-state index is 13.4. The Labute approximate surface area is 214 Å². The quantitative estimate of drug-likeness (QED) is 0.373. The molecule has 6 heteroatoms. The first-order valence-electron chi connectivity index (χ1n) is 12.8. The Morgan fingerprint density at radius 1 is 0.838 bits per heavy atom. The fourth-order valence-electron chi connectivity index (χ4n) is 6.55. The first kappa shape index (κ1) is 22.0. The van der Waals surface area contributed by atoms with E-state index in [1.807, 2.05) is 31.2 Å². The van der Waals surface area contributed by atoms with E-state index in [1.165, 1.54) is 4.90 Å². The predicted octanol–water partition coefficient (Wildman–Crippen LogP) is 5.60. The Morgan fingerprint density at radius 3 is 2.05 bits per heavy atom. The third-order valence-electron chi connectivity index (χ3n) is 8.40. The predicted molar refractivity (Wildman–Crippen MR) is 139 cm³/mol. The van der Waals surface area contributed by atoms with Crippen LogP contribution in [0.1, 0.15) is 22.3 Å². The van der Waals surface area contributed by atoms with Crippen LogP contribution in [0.4, 0.5) is 11.4 Å². The molecule has 3 fully saturated rings. The Balaban J connectivity index is 1.06. The zero-order valence-corrected chi connectivity index (χ0v) is 20.3. The highest BCUT2D eigenvalue weighted by atomic mass is 16.5. The number of allylic oxidation sites excluding steroid dienone is 2. The summed E-state index contributed by atoms with van der Waals surface area (Å²) >= 11 is 0. The molecule has 3 amide bonds. The maximum atomic E-state index is 13.4. The highest BCUT2D eigenvalue weighted by molar-refractivity contribution is 6.23. The normalized spacial score (nSPS) is 28.6. The van der Waals surface area contributed by atoms with Gasteiger partial charge in [-0.25, -0.2) is 4.90 Å². The van der Waals surface area contributed by atoms with Crippen LogP contribution < -0.4 is 15.0 Å². The van der Waals surface area contributed by atoms with Crippen molar-refractivity contribution in [3.63, 3.8) is 0 Å². The van der Waals surface area contributed by atoms with E-state index in [9.17, 15) is 14.4 Å². The fraction of sp³-hybridized carbons (Fsp3) is 0.258. The first-order valence-corrected chi connectivity index (χ1v) is 12.8. The number of hydrogen-bond donors (Lipinski definition) is 1. The van der Waals surface area contributed by atoms with Gasteiger partial charge in [-0.05, 0) is 91.6 Å². The minimum absolute atomic E-state index is 0.124. The molecule has 5 aliphatic rings. The summed E-state index contributed by atoms with van der Waals surface area (Å²) in [5.41, 5.74) is 2.63. The average molecular weight is 491 g/mol. The third-order valence-corrected chi connectivity index (χ3v) is 8.40. The number of nitrogens with zero attached hydrogens (tertiary/aromatic N) is 1. The van der Waals surface area contributed by atoms with Crippen LogP contribution in [-0.4, -0.2) is 17.7 Å². The van der Waals surface area contributed by atoms with E-state index in [1.54, 1.807) is 48.5 Å². The summed E-state index contributed by atoms with van der Waals surface area (Å²) in [5.74, 6) is 1.78. The molecule has 1 heterocycles. The number of nitrogens with one attached hydrogen (secondary N) is 1. The molecule has 6 nitrogen and oxygen atoms in total. The molecule has 2 saturated carbocycles. The molecule has 0 unspecified atom stereocenters. The lowest BCUT2D eigenvalue weighted by Gasteiger charge is -2.37. The topological polar surface area (TPSA) is 75.7 Å². The van der Waals surface area contributed by atoms with Crippen molar-refractivity contribution in [3.8, 4) is 11.5 Å². The average Bonchev–Trinajstić information content (AvgIpc) is 3.69. The number of carbonyl (C=O) groups is 3. The molecule has 1 saturated heterocycles. The van der Waals surface area contributed by atoms with E-state index in [4.69, 9.17) is 4.74 Å². The minimum Gasteiger partial charge on any atom is -0.457 e. The Bertz CT molecular complexity index is 1420. The molecule has 3 aromatic rings. The van der Waals surface area contributed by atoms with Gasteiger partial charge in [-0.2, -0.15) is 0 Å². The molecule has 8 rings (SSSR count). The monoisotopic (exact) mass is 490 g/mol. The molecule has 184 valence electrons. The lowest BCUT2D eigenvalue weighted by Crippen LogP contribution is -2.40. The van der Waals surface area contributed by atoms with Crippen molar-refractivity contribution in [1.29, 1.82) is 0 Å². The number of hydrogen-bond acceptors (Lipinski definition) is 4. The molecule has 0 spiro atoms. The van der Waals surface area contributed by atoms with Gasteiger partial charge in [-0.1, -0.05) is 35.9 Å². The smallest absolute Gasteiger partial charge is 0.255 e. The lowest BCUT2D eigenvalue weighted by molar-refractivity contribution is -0.124. The van der Waals surface area contributed by atoms with Crippen LogP contribution in [0.15, 0.2) is 84.9 Å². The van der Waals surface area contributed by atoms with Gasteiger partial charge in [0.05, 0.1) is 17.5 Å². The van der Waals surface area contributed by atoms with E-state index in [2.05, 4.69) is 17.5 Å². The van der Waals surface area contributed by atoms with Crippen LogP contribution in [0.2, 0.25) is 0 Å². The molecule has 1 N–H and O–H groups in total. The van der Waals surface area contributed by atoms with Crippen LogP contribution in [0.25, 0.3) is 0 Å². The maximum Gasteiger partial charge on any atom is 0.255 e. The van der Waals surface area contributed by atoms with Crippen LogP contribution in [-0.2, 0) is 9.59 Å². The van der Waals surface area contributed by atoms with Gasteiger partial charge in [0.2, 0.25) is 11.8 Å². The van der Waals surface area contributed by atoms with Gasteiger partial charge in [0.1, 0.15) is 11.5 Å². The highest BCUT2D eigenvalue weighted by Crippen LogP contribution is 2.65. The van der Waals surface area contributed by atoms with E-state index in [0.717, 1.165) is 17.7 Å². The van der Waals surface area contributed by atoms with Crippen LogP contribution in [0.3, 0.4) is 0 Å². The fourth-order valence-corrected chi connectivity index (χ4v) is 6.55. The lowest BCUT2D eigenvalue weighted by atomic mass is 9.63. The van der Waals surface area contributed by atoms with Gasteiger partial charge in [0.25, 0.3) is 5.91 Å². The Morgan fingerprint density at radius 2 is 1.43 bits per heavy atom. The van der Waals surface area contributed by atoms with E-state index >= 15 is 0 Å². The largest absolute Gasteiger partial charge is 0.457 e. The van der Waals surface area contributed by atoms with Crippen molar-refractivity contribution in [2.45, 2.75) is 13.3 Å². The molecule has 1 aliphatic heterocycles. The van der Waals surface area contributed by atoms with Crippen LogP contribution >= 0.6 is 0 Å². The van der Waals surface area contributed by atoms with E-state index in [-0.39, 0.29) is 41.4 Å². The Hall–Kier alpha value is -4.19. The zero-order chi connectivity index (χ0) is 25.3. The van der Waals surface area contributed by atoms with Gasteiger partial charge < -0.3 is 10.1 Å². The van der Waals surface area contributed by atoms with Gasteiger partial charge in [0.15, 0.2) is 0 Å². The SMILES string of the molecule is Cc1ccc(Oc2ccc(NC(=O)c3cccc(N4C(=O)[C@@H]5[C@H]6C=C[C@@H]([C@@H]7C[C@@H]67)[C@@H]5C4=O)c3)cc2)cc1. The third kappa shape index (κ3) is 3.58. The zero-order valence-electron chi connectivity index (χ0n) is 20.3. The van der Waals surface area contributed by atoms with Gasteiger partial charge in [0, 0.05) is 11.3 Å². The Kier molecular flexibility index (Phi) is 4.86. The van der Waals surface area contributed by atoms with Crippen molar-refractivity contribution < 1.29 is 19.1 Å². The van der Waals surface area contributed by atoms with Gasteiger partial charge in [-0.3, -0.25) is 14.4 Å². The highest BCUT2D eigenvalue weighted by Gasteiger charge is 2.67. The number of anilines is 2. The number of amides is 3. The van der Waals surface area contributed by atoms with Gasteiger partial charge in [-0.15, -0.1) is 0 Å². The number of aryl methyl sites for hydroxylation is 1. The number of benzene rings is 3. The second kappa shape index (κ2) is 8.17. The standard InChI is InChI=1S/C31H26N2O4/c1-17-5-9-21(10-6-17)37-22-11-7-19(8-12-22)32-29(34)18-3-2-4-20(15-18)33-30(35)27-23-13-14-24(26-16-25(23)26)28(27)31(33)36/h2-15,23-28H,16H2,1H3,(H,32,34)/t23-,24-,25-,26-,27-,28+/m0/s1. The van der Waals surface area contributed by atoms with Crippen molar-refractivity contribution >= 4 is 29.1 Å². The summed E-state index contributed by atoms with van der Waals surface area (Å²) in [4.78, 5) is 41.2. The molecule has 0 aromatic heterocycles. The van der Waals surface area contributed by atoms with Crippen molar-refractivity contribution in [1.82, 2.24) is 0 Å². The molecule has 3 aromatic carbocycles. The number of imide groups is 1. The molecule has 0 radical (unpaired) electrons.